The zero-order valence-electron chi connectivity index (χ0n) is 11.2. The summed E-state index contributed by atoms with van der Waals surface area (Å²) in [6.07, 6.45) is 4.77. The fourth-order valence-corrected chi connectivity index (χ4v) is 3.80. The molecule has 5 heteroatoms. The number of carbonyl (C=O) groups is 2. The number of likely N-dealkylation sites (N-methyl/N-ethyl adjacent to an activating group) is 1. The standard InChI is InChI=1S/C14H20N2O3/c1-15-4-6-16(7-5-15)13(17)11-9-2-3-10(8-9)12(11)14(18)19/h2-3,9-12H,4-8H2,1H3,(H,18,19)/t9-,10+,11+,12+/m1/s1. The third-order valence-corrected chi connectivity index (χ3v) is 4.95. The molecule has 0 unspecified atom stereocenters. The number of aliphatic carboxylic acids is 1. The predicted octanol–water partition coefficient (Wildman–Crippen LogP) is -2.47. The summed E-state index contributed by atoms with van der Waals surface area (Å²) in [5.41, 5.74) is 0. The van der Waals surface area contributed by atoms with Gasteiger partial charge in [0.25, 0.3) is 0 Å². The molecule has 2 aliphatic carbocycles. The van der Waals surface area contributed by atoms with Crippen LogP contribution >= 0.6 is 0 Å². The van der Waals surface area contributed by atoms with Crippen molar-refractivity contribution in [2.45, 2.75) is 6.42 Å². The summed E-state index contributed by atoms with van der Waals surface area (Å²) < 4.78 is 0. The van der Waals surface area contributed by atoms with Crippen LogP contribution in [0, 0.1) is 23.7 Å². The van der Waals surface area contributed by atoms with Crippen molar-refractivity contribution in [1.82, 2.24) is 4.90 Å². The van der Waals surface area contributed by atoms with E-state index in [9.17, 15) is 14.7 Å². The predicted molar refractivity (Wildman–Crippen MR) is 65.9 cm³/mol. The third kappa shape index (κ3) is 2.06. The maximum absolute atomic E-state index is 12.6. The number of hydrogen-bond acceptors (Lipinski definition) is 3. The Bertz CT molecular complexity index is 426. The molecule has 2 bridgehead atoms. The lowest BCUT2D eigenvalue weighted by molar-refractivity contribution is -0.883. The van der Waals surface area contributed by atoms with Gasteiger partial charge in [-0.05, 0) is 18.3 Å². The van der Waals surface area contributed by atoms with Crippen LogP contribution < -0.4 is 10.0 Å². The van der Waals surface area contributed by atoms with Gasteiger partial charge in [0.15, 0.2) is 0 Å². The first-order valence-electron chi connectivity index (χ1n) is 7.07. The second-order valence-corrected chi connectivity index (χ2v) is 6.10. The van der Waals surface area contributed by atoms with E-state index in [1.165, 1.54) is 4.90 Å². The highest BCUT2D eigenvalue weighted by Gasteiger charge is 2.50. The Morgan fingerprint density at radius 1 is 1.16 bits per heavy atom. The summed E-state index contributed by atoms with van der Waals surface area (Å²) in [4.78, 5) is 27.2. The minimum absolute atomic E-state index is 0.00189. The molecule has 0 radical (unpaired) electrons. The van der Waals surface area contributed by atoms with Crippen molar-refractivity contribution in [2.24, 2.45) is 23.7 Å². The minimum atomic E-state index is -1.06. The lowest BCUT2D eigenvalue weighted by atomic mass is 9.82. The summed E-state index contributed by atoms with van der Waals surface area (Å²) in [6, 6.07) is 0. The van der Waals surface area contributed by atoms with Crippen LogP contribution in [-0.2, 0) is 9.59 Å². The summed E-state index contributed by atoms with van der Waals surface area (Å²) in [6.45, 7) is 3.36. The molecule has 1 amide bonds. The van der Waals surface area contributed by atoms with Crippen LogP contribution in [-0.4, -0.2) is 50.0 Å². The van der Waals surface area contributed by atoms with Crippen LogP contribution in [0.4, 0.5) is 0 Å². The van der Waals surface area contributed by atoms with Gasteiger partial charge in [-0.3, -0.25) is 4.79 Å². The molecule has 3 aliphatic rings. The fourth-order valence-electron chi connectivity index (χ4n) is 3.80. The van der Waals surface area contributed by atoms with Crippen molar-refractivity contribution in [2.75, 3.05) is 33.2 Å². The number of hydrogen-bond donors (Lipinski definition) is 1. The molecular weight excluding hydrogens is 244 g/mol. The molecule has 1 heterocycles. The highest BCUT2D eigenvalue weighted by Crippen LogP contribution is 2.48. The van der Waals surface area contributed by atoms with Gasteiger partial charge < -0.3 is 19.7 Å². The van der Waals surface area contributed by atoms with E-state index in [2.05, 4.69) is 7.05 Å². The zero-order chi connectivity index (χ0) is 13.6. The summed E-state index contributed by atoms with van der Waals surface area (Å²) in [7, 11) is 2.12. The first-order valence-corrected chi connectivity index (χ1v) is 7.07. The highest BCUT2D eigenvalue weighted by molar-refractivity contribution is 5.86. The first-order chi connectivity index (χ1) is 9.08. The van der Waals surface area contributed by atoms with Crippen molar-refractivity contribution >= 4 is 11.9 Å². The van der Waals surface area contributed by atoms with Crippen molar-refractivity contribution in [3.8, 4) is 0 Å². The van der Waals surface area contributed by atoms with Gasteiger partial charge in [0.05, 0.1) is 39.1 Å². The highest BCUT2D eigenvalue weighted by atomic mass is 16.4. The van der Waals surface area contributed by atoms with E-state index in [0.717, 1.165) is 32.6 Å². The summed E-state index contributed by atoms with van der Waals surface area (Å²) in [5, 5.41) is 11.3. The molecule has 4 atom stereocenters. The maximum Gasteiger partial charge on any atom is 0.227 e. The number of carboxylic acids is 1. The lowest BCUT2D eigenvalue weighted by Gasteiger charge is -2.35. The molecule has 1 saturated carbocycles. The summed E-state index contributed by atoms with van der Waals surface area (Å²) in [5.74, 6) is -1.93. The number of amides is 1. The number of allylic oxidation sites excluding steroid dienone is 2. The zero-order valence-corrected chi connectivity index (χ0v) is 11.2. The molecule has 1 saturated heterocycles. The van der Waals surface area contributed by atoms with Gasteiger partial charge in [0.2, 0.25) is 5.91 Å². The van der Waals surface area contributed by atoms with E-state index < -0.39 is 17.8 Å². The van der Waals surface area contributed by atoms with Gasteiger partial charge in [-0.25, -0.2) is 0 Å². The second kappa shape index (κ2) is 4.63. The Kier molecular flexibility index (Phi) is 3.09. The van der Waals surface area contributed by atoms with E-state index in [-0.39, 0.29) is 17.7 Å². The van der Waals surface area contributed by atoms with Gasteiger partial charge in [-0.15, -0.1) is 0 Å². The summed E-state index contributed by atoms with van der Waals surface area (Å²) >= 11 is 0. The lowest BCUT2D eigenvalue weighted by Crippen LogP contribution is -3.12. The van der Waals surface area contributed by atoms with Crippen molar-refractivity contribution in [3.05, 3.63) is 12.2 Å². The Hall–Kier alpha value is -1.36. The van der Waals surface area contributed by atoms with Crippen molar-refractivity contribution in [3.63, 3.8) is 0 Å². The van der Waals surface area contributed by atoms with Gasteiger partial charge in [0.1, 0.15) is 0 Å². The number of carboxylic acid groups (broad SMARTS) is 1. The molecule has 104 valence electrons. The number of rotatable bonds is 2. The molecule has 2 fully saturated rings. The van der Waals surface area contributed by atoms with Gasteiger partial charge in [0, 0.05) is 11.9 Å². The third-order valence-electron chi connectivity index (χ3n) is 4.95. The van der Waals surface area contributed by atoms with E-state index in [1.54, 1.807) is 0 Å². The Morgan fingerprint density at radius 2 is 1.74 bits per heavy atom. The maximum atomic E-state index is 12.6. The average molecular weight is 264 g/mol. The quantitative estimate of drug-likeness (QED) is 0.562. The number of nitrogens with one attached hydrogen (secondary N) is 1. The molecule has 3 rings (SSSR count). The van der Waals surface area contributed by atoms with Crippen molar-refractivity contribution in [1.29, 1.82) is 0 Å². The van der Waals surface area contributed by atoms with Crippen LogP contribution in [0.2, 0.25) is 0 Å². The molecule has 0 aromatic carbocycles. The largest absolute Gasteiger partial charge is 0.550 e. The minimum Gasteiger partial charge on any atom is -0.550 e. The molecule has 0 spiro atoms. The SMILES string of the molecule is C[NH+]1CCN(C(=O)[C@@H]2[C@@H](C(=O)[O-])[C@H]3C=C[C@@H]2C3)CC1. The van der Waals surface area contributed by atoms with Crippen LogP contribution in [0.25, 0.3) is 0 Å². The van der Waals surface area contributed by atoms with E-state index in [4.69, 9.17) is 0 Å². The fraction of sp³-hybridized carbons (Fsp3) is 0.714. The normalized spacial score (nSPS) is 37.8. The Morgan fingerprint density at radius 3 is 2.32 bits per heavy atom. The number of piperazine rings is 1. The number of carbonyl (C=O) groups excluding carboxylic acids is 2. The molecule has 5 nitrogen and oxygen atoms in total. The Labute approximate surface area is 112 Å². The van der Waals surface area contributed by atoms with Gasteiger partial charge in [-0.2, -0.15) is 0 Å². The molecule has 0 aromatic heterocycles. The van der Waals surface area contributed by atoms with E-state index >= 15 is 0 Å². The first kappa shape index (κ1) is 12.7. The van der Waals surface area contributed by atoms with Crippen LogP contribution in [0.15, 0.2) is 12.2 Å². The molecule has 1 aliphatic heterocycles. The van der Waals surface area contributed by atoms with Gasteiger partial charge in [-0.1, -0.05) is 12.2 Å². The van der Waals surface area contributed by atoms with Crippen molar-refractivity contribution < 1.29 is 19.6 Å². The van der Waals surface area contributed by atoms with Crippen LogP contribution in [0.3, 0.4) is 0 Å². The molecule has 1 N–H and O–H groups in total. The Balaban J connectivity index is 1.75. The number of quaternary nitrogens is 1. The van der Waals surface area contributed by atoms with E-state index in [0.29, 0.717) is 0 Å². The molecular formula is C14H20N2O3. The number of nitrogens with zero attached hydrogens (tertiary/aromatic N) is 1. The number of fused-ring (bicyclic) bond motifs is 2. The van der Waals surface area contributed by atoms with Gasteiger partial charge >= 0.3 is 0 Å². The monoisotopic (exact) mass is 264 g/mol. The van der Waals surface area contributed by atoms with Crippen LogP contribution in [0.5, 0.6) is 0 Å². The van der Waals surface area contributed by atoms with E-state index in [1.807, 2.05) is 17.1 Å². The molecule has 19 heavy (non-hydrogen) atoms. The smallest absolute Gasteiger partial charge is 0.227 e. The van der Waals surface area contributed by atoms with Crippen LogP contribution in [0.1, 0.15) is 6.42 Å². The average Bonchev–Trinajstić information content (AvgIpc) is 2.98. The molecule has 0 aromatic rings. The topological polar surface area (TPSA) is 64.9 Å². The second-order valence-electron chi connectivity index (χ2n) is 6.10.